The zero-order chi connectivity index (χ0) is 27.3. The van der Waals surface area contributed by atoms with Crippen molar-refractivity contribution in [1.82, 2.24) is 14.6 Å². The molecule has 3 heterocycles. The molecule has 1 fully saturated rings. The van der Waals surface area contributed by atoms with Crippen LogP contribution in [0.3, 0.4) is 0 Å². The van der Waals surface area contributed by atoms with Crippen molar-refractivity contribution in [2.75, 3.05) is 20.2 Å². The minimum atomic E-state index is 0.0203. The third-order valence-electron chi connectivity index (χ3n) is 7.66. The molecule has 7 nitrogen and oxygen atoms in total. The molecule has 1 saturated heterocycles. The van der Waals surface area contributed by atoms with E-state index in [-0.39, 0.29) is 18.1 Å². The predicted molar refractivity (Wildman–Crippen MR) is 152 cm³/mol. The molecule has 2 atom stereocenters. The number of nitrogens with zero attached hydrogens (tertiary/aromatic N) is 3. The molecule has 0 spiro atoms. The van der Waals surface area contributed by atoms with Crippen LogP contribution in [-0.2, 0) is 11.3 Å². The lowest BCUT2D eigenvalue weighted by atomic mass is 10.0. The first-order valence-electron chi connectivity index (χ1n) is 13.4. The highest BCUT2D eigenvalue weighted by atomic mass is 16.5. The summed E-state index contributed by atoms with van der Waals surface area (Å²) in [5, 5.41) is 6.30. The molecule has 7 heteroatoms. The van der Waals surface area contributed by atoms with Crippen molar-refractivity contribution in [3.8, 4) is 16.9 Å². The molecule has 39 heavy (non-hydrogen) atoms. The standard InChI is InChI=1S/C32H33N3O4/c1-19-16-34(17-20(2)38-19)32(36)24-11-13-28-27(14-24)26-12-10-23(31-21(3)33-39-22(31)4)15-29(26)35(28)18-25-8-6-7-9-30(25)37-5/h6-15,19-20H,16-18H2,1-5H3/t19-,20+. The van der Waals surface area contributed by atoms with Gasteiger partial charge in [0.2, 0.25) is 0 Å². The van der Waals surface area contributed by atoms with Gasteiger partial charge in [-0.2, -0.15) is 0 Å². The third kappa shape index (κ3) is 4.46. The number of rotatable bonds is 5. The van der Waals surface area contributed by atoms with Crippen LogP contribution in [0, 0.1) is 13.8 Å². The van der Waals surface area contributed by atoms with Gasteiger partial charge in [-0.3, -0.25) is 4.79 Å². The Morgan fingerprint density at radius 2 is 1.74 bits per heavy atom. The van der Waals surface area contributed by atoms with Crippen LogP contribution in [-0.4, -0.2) is 52.9 Å². The smallest absolute Gasteiger partial charge is 0.254 e. The summed E-state index contributed by atoms with van der Waals surface area (Å²) in [4.78, 5) is 15.5. The lowest BCUT2D eigenvalue weighted by molar-refractivity contribution is -0.0586. The Labute approximate surface area is 227 Å². The molecule has 0 saturated carbocycles. The Kier molecular flexibility index (Phi) is 6.39. The van der Waals surface area contributed by atoms with Crippen LogP contribution in [0.1, 0.15) is 41.2 Å². The SMILES string of the molecule is COc1ccccc1Cn1c2ccc(C(=O)N3C[C@@H](C)O[C@@H](C)C3)cc2c2ccc(-c3c(C)noc3C)cc21. The highest BCUT2D eigenvalue weighted by molar-refractivity contribution is 6.11. The monoisotopic (exact) mass is 523 g/mol. The van der Waals surface area contributed by atoms with Crippen LogP contribution in [0.15, 0.2) is 65.2 Å². The Morgan fingerprint density at radius 1 is 0.974 bits per heavy atom. The van der Waals surface area contributed by atoms with Gasteiger partial charge in [-0.25, -0.2) is 0 Å². The van der Waals surface area contributed by atoms with Crippen molar-refractivity contribution >= 4 is 27.7 Å². The lowest BCUT2D eigenvalue weighted by Crippen LogP contribution is -2.48. The first-order chi connectivity index (χ1) is 18.8. The summed E-state index contributed by atoms with van der Waals surface area (Å²) in [5.74, 6) is 1.68. The maximum Gasteiger partial charge on any atom is 0.254 e. The Bertz CT molecular complexity index is 1670. The molecule has 0 aliphatic carbocycles. The number of methoxy groups -OCH3 is 1. The second-order valence-electron chi connectivity index (χ2n) is 10.5. The fourth-order valence-electron chi connectivity index (χ4n) is 5.98. The summed E-state index contributed by atoms with van der Waals surface area (Å²) in [7, 11) is 1.70. The lowest BCUT2D eigenvalue weighted by Gasteiger charge is -2.35. The quantitative estimate of drug-likeness (QED) is 0.268. The molecule has 3 aromatic carbocycles. The number of carbonyl (C=O) groups excluding carboxylic acids is 1. The van der Waals surface area contributed by atoms with E-state index in [4.69, 9.17) is 14.0 Å². The normalized spacial score (nSPS) is 17.7. The summed E-state index contributed by atoms with van der Waals surface area (Å²) in [6, 6.07) is 20.6. The number of carbonyl (C=O) groups is 1. The number of benzene rings is 3. The number of para-hydroxylation sites is 1. The maximum absolute atomic E-state index is 13.6. The van der Waals surface area contributed by atoms with Gasteiger partial charge >= 0.3 is 0 Å². The van der Waals surface area contributed by atoms with E-state index in [0.717, 1.165) is 55.7 Å². The highest BCUT2D eigenvalue weighted by Crippen LogP contribution is 2.36. The van der Waals surface area contributed by atoms with Gasteiger partial charge in [0.25, 0.3) is 5.91 Å². The van der Waals surface area contributed by atoms with E-state index in [2.05, 4.69) is 40.1 Å². The maximum atomic E-state index is 13.6. The summed E-state index contributed by atoms with van der Waals surface area (Å²) in [5.41, 5.74) is 6.83. The van der Waals surface area contributed by atoms with Gasteiger partial charge in [0.05, 0.1) is 37.1 Å². The minimum Gasteiger partial charge on any atom is -0.496 e. The minimum absolute atomic E-state index is 0.0203. The molecule has 1 amide bonds. The number of hydrogen-bond donors (Lipinski definition) is 0. The average molecular weight is 524 g/mol. The first kappa shape index (κ1) is 25.2. The molecule has 0 radical (unpaired) electrons. The molecule has 5 aromatic rings. The van der Waals surface area contributed by atoms with Crippen molar-refractivity contribution < 1.29 is 18.8 Å². The average Bonchev–Trinajstić information content (AvgIpc) is 3.43. The highest BCUT2D eigenvalue weighted by Gasteiger charge is 2.27. The molecule has 6 rings (SSSR count). The Morgan fingerprint density at radius 3 is 2.46 bits per heavy atom. The fraction of sp³-hybridized carbons (Fsp3) is 0.312. The molecule has 1 aliphatic heterocycles. The number of amides is 1. The zero-order valence-electron chi connectivity index (χ0n) is 23.0. The second-order valence-corrected chi connectivity index (χ2v) is 10.5. The van der Waals surface area contributed by atoms with Crippen LogP contribution in [0.4, 0.5) is 0 Å². The van der Waals surface area contributed by atoms with Crippen molar-refractivity contribution in [3.63, 3.8) is 0 Å². The van der Waals surface area contributed by atoms with Gasteiger partial charge in [0.1, 0.15) is 11.5 Å². The van der Waals surface area contributed by atoms with E-state index >= 15 is 0 Å². The second kappa shape index (κ2) is 9.89. The van der Waals surface area contributed by atoms with Crippen LogP contribution in [0.25, 0.3) is 32.9 Å². The van der Waals surface area contributed by atoms with Gasteiger partial charge in [-0.05, 0) is 63.6 Å². The van der Waals surface area contributed by atoms with Crippen LogP contribution in [0.5, 0.6) is 5.75 Å². The molecular formula is C32H33N3O4. The Balaban J connectivity index is 1.52. The zero-order valence-corrected chi connectivity index (χ0v) is 23.0. The Hall–Kier alpha value is -4.10. The number of morpholine rings is 1. The first-order valence-corrected chi connectivity index (χ1v) is 13.4. The third-order valence-corrected chi connectivity index (χ3v) is 7.66. The van der Waals surface area contributed by atoms with Gasteiger partial charge in [-0.1, -0.05) is 35.5 Å². The number of hydrogen-bond acceptors (Lipinski definition) is 5. The van der Waals surface area contributed by atoms with E-state index in [1.165, 1.54) is 0 Å². The van der Waals surface area contributed by atoms with E-state index in [9.17, 15) is 4.79 Å². The molecular weight excluding hydrogens is 490 g/mol. The van der Waals surface area contributed by atoms with Gasteiger partial charge in [-0.15, -0.1) is 0 Å². The van der Waals surface area contributed by atoms with E-state index in [0.29, 0.717) is 25.2 Å². The van der Waals surface area contributed by atoms with Crippen molar-refractivity contribution in [2.24, 2.45) is 0 Å². The van der Waals surface area contributed by atoms with Crippen molar-refractivity contribution in [2.45, 2.75) is 46.4 Å². The summed E-state index contributed by atoms with van der Waals surface area (Å²) in [6.45, 7) is 9.75. The van der Waals surface area contributed by atoms with Crippen LogP contribution >= 0.6 is 0 Å². The largest absolute Gasteiger partial charge is 0.496 e. The molecule has 0 bridgehead atoms. The number of fused-ring (bicyclic) bond motifs is 3. The van der Waals surface area contributed by atoms with Gasteiger partial charge < -0.3 is 23.5 Å². The molecule has 200 valence electrons. The number of ether oxygens (including phenoxy) is 2. The van der Waals surface area contributed by atoms with Gasteiger partial charge in [0, 0.05) is 46.1 Å². The van der Waals surface area contributed by atoms with Gasteiger partial charge in [0.15, 0.2) is 0 Å². The number of aryl methyl sites for hydroxylation is 2. The van der Waals surface area contributed by atoms with E-state index in [1.807, 2.05) is 62.9 Å². The topological polar surface area (TPSA) is 69.7 Å². The predicted octanol–water partition coefficient (Wildman–Crippen LogP) is 6.37. The van der Waals surface area contributed by atoms with E-state index < -0.39 is 0 Å². The van der Waals surface area contributed by atoms with Crippen LogP contribution < -0.4 is 4.74 Å². The summed E-state index contributed by atoms with van der Waals surface area (Å²) in [6.07, 6.45) is 0.0406. The molecule has 2 aromatic heterocycles. The van der Waals surface area contributed by atoms with Crippen molar-refractivity contribution in [1.29, 1.82) is 0 Å². The van der Waals surface area contributed by atoms with E-state index in [1.54, 1.807) is 7.11 Å². The molecule has 0 N–H and O–H groups in total. The fourth-order valence-corrected chi connectivity index (χ4v) is 5.98. The number of aromatic nitrogens is 2. The summed E-state index contributed by atoms with van der Waals surface area (Å²) < 4.78 is 19.3. The summed E-state index contributed by atoms with van der Waals surface area (Å²) >= 11 is 0. The molecule has 0 unspecified atom stereocenters. The molecule has 1 aliphatic rings. The van der Waals surface area contributed by atoms with Crippen molar-refractivity contribution in [3.05, 3.63) is 83.2 Å². The van der Waals surface area contributed by atoms with Crippen LogP contribution in [0.2, 0.25) is 0 Å².